The Labute approximate surface area is 139 Å². The molecule has 0 radical (unpaired) electrons. The Morgan fingerprint density at radius 3 is 2.46 bits per heavy atom. The van der Waals surface area contributed by atoms with Crippen LogP contribution in [-0.2, 0) is 4.79 Å². The number of allylic oxidation sites excluding steroid dienone is 1. The average Bonchev–Trinajstić information content (AvgIpc) is 2.66. The number of carbonyl (C=O) groups is 1. The van der Waals surface area contributed by atoms with Crippen LogP contribution in [0.15, 0.2) is 72.9 Å². The van der Waals surface area contributed by atoms with Crippen molar-refractivity contribution in [3.8, 4) is 11.3 Å². The molecule has 24 heavy (non-hydrogen) atoms. The molecule has 0 aliphatic heterocycles. The Morgan fingerprint density at radius 2 is 1.58 bits per heavy atom. The van der Waals surface area contributed by atoms with E-state index in [9.17, 15) is 4.79 Å². The molecule has 0 spiro atoms. The van der Waals surface area contributed by atoms with Crippen LogP contribution < -0.4 is 0 Å². The molecule has 0 N–H and O–H groups in total. The van der Waals surface area contributed by atoms with E-state index >= 15 is 0 Å². The quantitative estimate of drug-likeness (QED) is 0.314. The van der Waals surface area contributed by atoms with Crippen LogP contribution in [0.1, 0.15) is 5.56 Å². The second-order valence-corrected chi connectivity index (χ2v) is 5.49. The summed E-state index contributed by atoms with van der Waals surface area (Å²) in [5, 5.41) is 2.13. The number of pyridine rings is 2. The van der Waals surface area contributed by atoms with Crippen LogP contribution in [0, 0.1) is 0 Å². The highest BCUT2D eigenvalue weighted by molar-refractivity contribution is 6.03. The zero-order valence-corrected chi connectivity index (χ0v) is 12.9. The van der Waals surface area contributed by atoms with Crippen molar-refractivity contribution in [2.75, 3.05) is 0 Å². The summed E-state index contributed by atoms with van der Waals surface area (Å²) in [4.78, 5) is 20.0. The molecule has 0 aliphatic rings. The van der Waals surface area contributed by atoms with Gasteiger partial charge in [0.15, 0.2) is 0 Å². The van der Waals surface area contributed by atoms with Gasteiger partial charge in [-0.2, -0.15) is 0 Å². The highest BCUT2D eigenvalue weighted by atomic mass is 16.1. The third-order valence-electron chi connectivity index (χ3n) is 4.02. The summed E-state index contributed by atoms with van der Waals surface area (Å²) in [6, 6.07) is 20.1. The lowest BCUT2D eigenvalue weighted by molar-refractivity contribution is -0.104. The fourth-order valence-electron chi connectivity index (χ4n) is 2.89. The van der Waals surface area contributed by atoms with Crippen LogP contribution in [0.5, 0.6) is 0 Å². The van der Waals surface area contributed by atoms with Crippen molar-refractivity contribution >= 4 is 34.2 Å². The van der Waals surface area contributed by atoms with Gasteiger partial charge >= 0.3 is 0 Å². The molecular weight excluding hydrogens is 296 g/mol. The third-order valence-corrected chi connectivity index (χ3v) is 4.02. The zero-order valence-electron chi connectivity index (χ0n) is 12.9. The summed E-state index contributed by atoms with van der Waals surface area (Å²) in [7, 11) is 0. The molecule has 2 aromatic heterocycles. The molecule has 3 nitrogen and oxygen atoms in total. The maximum absolute atomic E-state index is 10.6. The Bertz CT molecular complexity index is 1080. The second kappa shape index (κ2) is 6.05. The summed E-state index contributed by atoms with van der Waals surface area (Å²) >= 11 is 0. The summed E-state index contributed by atoms with van der Waals surface area (Å²) in [5.41, 5.74) is 4.61. The van der Waals surface area contributed by atoms with Crippen molar-refractivity contribution in [1.82, 2.24) is 9.97 Å². The number of hydrogen-bond acceptors (Lipinski definition) is 3. The van der Waals surface area contributed by atoms with Crippen molar-refractivity contribution in [2.45, 2.75) is 0 Å². The SMILES string of the molecule is O=CC=Cc1ccccc1-c1ccc2ccc3cccnc3c2n1. The number of fused-ring (bicyclic) bond motifs is 3. The fourth-order valence-corrected chi connectivity index (χ4v) is 2.89. The summed E-state index contributed by atoms with van der Waals surface area (Å²) in [5.74, 6) is 0. The van der Waals surface area contributed by atoms with Crippen LogP contribution in [0.2, 0.25) is 0 Å². The highest BCUT2D eigenvalue weighted by Crippen LogP contribution is 2.28. The van der Waals surface area contributed by atoms with E-state index in [1.54, 1.807) is 12.3 Å². The maximum Gasteiger partial charge on any atom is 0.142 e. The normalized spacial score (nSPS) is 11.3. The van der Waals surface area contributed by atoms with E-state index in [4.69, 9.17) is 4.98 Å². The van der Waals surface area contributed by atoms with Gasteiger partial charge in [-0.15, -0.1) is 0 Å². The van der Waals surface area contributed by atoms with Gasteiger partial charge in [0, 0.05) is 22.5 Å². The molecule has 0 fully saturated rings. The van der Waals surface area contributed by atoms with E-state index in [-0.39, 0.29) is 0 Å². The minimum atomic E-state index is 0.780. The molecule has 114 valence electrons. The number of rotatable bonds is 3. The van der Waals surface area contributed by atoms with Crippen molar-refractivity contribution in [3.05, 3.63) is 78.5 Å². The summed E-state index contributed by atoms with van der Waals surface area (Å²) in [6.45, 7) is 0. The first kappa shape index (κ1) is 14.3. The van der Waals surface area contributed by atoms with Gasteiger partial charge in [0.25, 0.3) is 0 Å². The molecule has 0 bridgehead atoms. The van der Waals surface area contributed by atoms with E-state index in [1.165, 1.54) is 6.08 Å². The number of aldehydes is 1. The number of nitrogens with zero attached hydrogens (tertiary/aromatic N) is 2. The van der Waals surface area contributed by atoms with Crippen molar-refractivity contribution in [1.29, 1.82) is 0 Å². The molecule has 0 unspecified atom stereocenters. The lowest BCUT2D eigenvalue weighted by Gasteiger charge is -2.08. The van der Waals surface area contributed by atoms with E-state index in [1.807, 2.05) is 42.5 Å². The second-order valence-electron chi connectivity index (χ2n) is 5.49. The van der Waals surface area contributed by atoms with Crippen molar-refractivity contribution in [3.63, 3.8) is 0 Å². The van der Waals surface area contributed by atoms with Gasteiger partial charge in [-0.05, 0) is 23.8 Å². The molecule has 0 saturated heterocycles. The van der Waals surface area contributed by atoms with E-state index in [2.05, 4.69) is 23.2 Å². The first-order valence-electron chi connectivity index (χ1n) is 7.72. The summed E-state index contributed by atoms with van der Waals surface area (Å²) in [6.07, 6.45) is 5.87. The van der Waals surface area contributed by atoms with E-state index < -0.39 is 0 Å². The lowest BCUT2D eigenvalue weighted by Crippen LogP contribution is -1.90. The van der Waals surface area contributed by atoms with Crippen molar-refractivity contribution < 1.29 is 4.79 Å². The van der Waals surface area contributed by atoms with Gasteiger partial charge in [0.05, 0.1) is 16.7 Å². The topological polar surface area (TPSA) is 42.9 Å². The standard InChI is InChI=1S/C21H14N2O/c24-14-4-7-15-5-1-2-8-18(15)19-12-11-17-10-9-16-6-3-13-22-20(16)21(17)23-19/h1-14H. The Balaban J connectivity index is 1.97. The van der Waals surface area contributed by atoms with E-state index in [0.29, 0.717) is 0 Å². The summed E-state index contributed by atoms with van der Waals surface area (Å²) < 4.78 is 0. The molecule has 0 aliphatic carbocycles. The predicted molar refractivity (Wildman–Crippen MR) is 97.6 cm³/mol. The first-order chi connectivity index (χ1) is 11.9. The van der Waals surface area contributed by atoms with Gasteiger partial charge in [0.1, 0.15) is 6.29 Å². The molecule has 4 rings (SSSR count). The largest absolute Gasteiger partial charge is 0.299 e. The molecule has 0 atom stereocenters. The van der Waals surface area contributed by atoms with Crippen LogP contribution in [-0.4, -0.2) is 16.3 Å². The zero-order chi connectivity index (χ0) is 16.4. The maximum atomic E-state index is 10.6. The van der Waals surface area contributed by atoms with Crippen LogP contribution >= 0.6 is 0 Å². The fraction of sp³-hybridized carbons (Fsp3) is 0. The van der Waals surface area contributed by atoms with E-state index in [0.717, 1.165) is 44.9 Å². The number of aromatic nitrogens is 2. The minimum absolute atomic E-state index is 0.780. The van der Waals surface area contributed by atoms with Gasteiger partial charge in [-0.1, -0.05) is 54.6 Å². The van der Waals surface area contributed by atoms with Gasteiger partial charge < -0.3 is 0 Å². The van der Waals surface area contributed by atoms with Gasteiger partial charge in [-0.25, -0.2) is 4.98 Å². The van der Waals surface area contributed by atoms with Gasteiger partial charge in [-0.3, -0.25) is 9.78 Å². The van der Waals surface area contributed by atoms with Crippen LogP contribution in [0.25, 0.3) is 39.1 Å². The molecule has 2 aromatic carbocycles. The van der Waals surface area contributed by atoms with Crippen molar-refractivity contribution in [2.24, 2.45) is 0 Å². The molecule has 0 saturated carbocycles. The molecular formula is C21H14N2O. The van der Waals surface area contributed by atoms with Gasteiger partial charge in [0.2, 0.25) is 0 Å². The lowest BCUT2D eigenvalue weighted by atomic mass is 10.0. The molecule has 0 amide bonds. The average molecular weight is 310 g/mol. The van der Waals surface area contributed by atoms with Crippen LogP contribution in [0.4, 0.5) is 0 Å². The smallest absolute Gasteiger partial charge is 0.142 e. The Morgan fingerprint density at radius 1 is 0.792 bits per heavy atom. The number of carbonyl (C=O) groups excluding carboxylic acids is 1. The molecule has 2 heterocycles. The molecule has 3 heteroatoms. The Hall–Kier alpha value is -3.33. The third kappa shape index (κ3) is 2.46. The number of hydrogen-bond donors (Lipinski definition) is 0. The minimum Gasteiger partial charge on any atom is -0.299 e. The highest BCUT2D eigenvalue weighted by Gasteiger charge is 2.08. The first-order valence-corrected chi connectivity index (χ1v) is 7.72. The van der Waals surface area contributed by atoms with Crippen LogP contribution in [0.3, 0.4) is 0 Å². The molecule has 4 aromatic rings. The monoisotopic (exact) mass is 310 g/mol. The number of benzene rings is 2. The Kier molecular flexibility index (Phi) is 3.60. The predicted octanol–water partition coefficient (Wildman–Crippen LogP) is 4.66.